The van der Waals surface area contributed by atoms with Gasteiger partial charge < -0.3 is 19.7 Å². The predicted molar refractivity (Wildman–Crippen MR) is 152 cm³/mol. The SMILES string of the molecule is CC(=O)[C@H](Cc1ccc(OC(=O)c2ccc(N3CCOCC3)cc2)cc1)NC(=O)c1ccc(C(C)(C)C)cc1. The molecule has 1 aliphatic rings. The van der Waals surface area contributed by atoms with Crippen LogP contribution in [0, 0.1) is 0 Å². The molecule has 204 valence electrons. The van der Waals surface area contributed by atoms with Gasteiger partial charge in [-0.3, -0.25) is 9.59 Å². The molecule has 0 radical (unpaired) electrons. The predicted octanol–water partition coefficient (Wildman–Crippen LogP) is 4.97. The normalized spacial score (nSPS) is 14.4. The lowest BCUT2D eigenvalue weighted by atomic mass is 9.86. The van der Waals surface area contributed by atoms with Crippen molar-refractivity contribution >= 4 is 23.3 Å². The molecule has 4 rings (SSSR count). The van der Waals surface area contributed by atoms with Crippen LogP contribution < -0.4 is 15.0 Å². The number of nitrogens with one attached hydrogen (secondary N) is 1. The van der Waals surface area contributed by atoms with Crippen LogP contribution >= 0.6 is 0 Å². The first-order chi connectivity index (χ1) is 18.6. The Kier molecular flexibility index (Phi) is 8.82. The van der Waals surface area contributed by atoms with E-state index >= 15 is 0 Å². The quantitative estimate of drug-likeness (QED) is 0.328. The van der Waals surface area contributed by atoms with Crippen molar-refractivity contribution in [3.05, 3.63) is 95.1 Å². The van der Waals surface area contributed by atoms with Gasteiger partial charge in [0.05, 0.1) is 24.8 Å². The summed E-state index contributed by atoms with van der Waals surface area (Å²) in [6.07, 6.45) is 0.332. The molecular weight excluding hydrogens is 492 g/mol. The minimum absolute atomic E-state index is 0.00885. The average molecular weight is 529 g/mol. The molecule has 0 unspecified atom stereocenters. The third-order valence-electron chi connectivity index (χ3n) is 6.86. The number of ketones is 1. The van der Waals surface area contributed by atoms with Gasteiger partial charge in [0.15, 0.2) is 5.78 Å². The topological polar surface area (TPSA) is 84.9 Å². The van der Waals surface area contributed by atoms with Crippen molar-refractivity contribution < 1.29 is 23.9 Å². The third kappa shape index (κ3) is 7.54. The Labute approximate surface area is 230 Å². The van der Waals surface area contributed by atoms with E-state index in [1.54, 1.807) is 48.5 Å². The summed E-state index contributed by atoms with van der Waals surface area (Å²) >= 11 is 0. The Morgan fingerprint density at radius 1 is 0.872 bits per heavy atom. The van der Waals surface area contributed by atoms with Crippen LogP contribution in [0.2, 0.25) is 0 Å². The number of nitrogens with zero attached hydrogens (tertiary/aromatic N) is 1. The third-order valence-corrected chi connectivity index (χ3v) is 6.86. The maximum absolute atomic E-state index is 12.8. The van der Waals surface area contributed by atoms with E-state index in [0.717, 1.165) is 29.9 Å². The number of Topliss-reactive ketones (excluding diaryl/α,β-unsaturated/α-hetero) is 1. The minimum Gasteiger partial charge on any atom is -0.423 e. The van der Waals surface area contributed by atoms with Gasteiger partial charge in [0.25, 0.3) is 5.91 Å². The molecule has 0 bridgehead atoms. The van der Waals surface area contributed by atoms with Gasteiger partial charge in [-0.15, -0.1) is 0 Å². The molecule has 1 amide bonds. The maximum Gasteiger partial charge on any atom is 0.343 e. The van der Waals surface area contributed by atoms with Crippen LogP contribution in [0.25, 0.3) is 0 Å². The largest absolute Gasteiger partial charge is 0.423 e. The summed E-state index contributed by atoms with van der Waals surface area (Å²) in [6.45, 7) is 10.9. The van der Waals surface area contributed by atoms with Gasteiger partial charge in [-0.05, 0) is 78.4 Å². The number of rotatable bonds is 8. The van der Waals surface area contributed by atoms with E-state index in [9.17, 15) is 14.4 Å². The Bertz CT molecular complexity index is 1290. The van der Waals surface area contributed by atoms with Crippen LogP contribution in [-0.2, 0) is 21.4 Å². The smallest absolute Gasteiger partial charge is 0.343 e. The summed E-state index contributed by atoms with van der Waals surface area (Å²) < 4.78 is 10.9. The molecule has 3 aromatic rings. The van der Waals surface area contributed by atoms with Crippen LogP contribution in [0.4, 0.5) is 5.69 Å². The van der Waals surface area contributed by atoms with Gasteiger partial charge in [-0.2, -0.15) is 0 Å². The number of hydrogen-bond acceptors (Lipinski definition) is 6. The number of ether oxygens (including phenoxy) is 2. The Balaban J connectivity index is 1.33. The maximum atomic E-state index is 12.8. The number of carbonyl (C=O) groups excluding carboxylic acids is 3. The summed E-state index contributed by atoms with van der Waals surface area (Å²) in [5, 5.41) is 2.85. The van der Waals surface area contributed by atoms with Crippen LogP contribution in [0.3, 0.4) is 0 Å². The molecule has 7 nitrogen and oxygen atoms in total. The van der Waals surface area contributed by atoms with Gasteiger partial charge in [-0.25, -0.2) is 4.79 Å². The molecule has 0 aromatic heterocycles. The first kappa shape index (κ1) is 28.0. The fourth-order valence-electron chi connectivity index (χ4n) is 4.38. The van der Waals surface area contributed by atoms with Gasteiger partial charge in [0.2, 0.25) is 0 Å². The summed E-state index contributed by atoms with van der Waals surface area (Å²) in [4.78, 5) is 40.0. The van der Waals surface area contributed by atoms with Crippen molar-refractivity contribution in [3.8, 4) is 5.75 Å². The van der Waals surface area contributed by atoms with E-state index in [-0.39, 0.29) is 17.1 Å². The van der Waals surface area contributed by atoms with E-state index in [1.165, 1.54) is 6.92 Å². The van der Waals surface area contributed by atoms with Crippen LogP contribution in [0.15, 0.2) is 72.8 Å². The second-order valence-corrected chi connectivity index (χ2v) is 10.8. The molecule has 0 spiro atoms. The molecule has 7 heteroatoms. The number of anilines is 1. The Hall–Kier alpha value is -3.97. The lowest BCUT2D eigenvalue weighted by molar-refractivity contribution is -0.118. The summed E-state index contributed by atoms with van der Waals surface area (Å²) in [5.74, 6) is -0.461. The molecule has 0 aliphatic carbocycles. The number of amides is 1. The molecule has 3 aromatic carbocycles. The number of esters is 1. The summed E-state index contributed by atoms with van der Waals surface area (Å²) in [6, 6.07) is 21.1. The van der Waals surface area contributed by atoms with Crippen molar-refractivity contribution in [2.75, 3.05) is 31.2 Å². The standard InChI is InChI=1S/C32H36N2O5/c1-22(35)29(33-30(36)24-7-11-26(12-8-24)32(2,3)4)21-23-5-15-28(16-6-23)39-31(37)25-9-13-27(14-10-25)34-17-19-38-20-18-34/h5-16,29H,17-21H2,1-4H3,(H,33,36)/t29-/m0/s1. The highest BCUT2D eigenvalue weighted by Crippen LogP contribution is 2.23. The summed E-state index contributed by atoms with van der Waals surface area (Å²) in [7, 11) is 0. The number of benzene rings is 3. The van der Waals surface area contributed by atoms with E-state index in [4.69, 9.17) is 9.47 Å². The number of hydrogen-bond donors (Lipinski definition) is 1. The molecule has 1 heterocycles. The van der Waals surface area contributed by atoms with Crippen molar-refractivity contribution in [1.82, 2.24) is 5.32 Å². The highest BCUT2D eigenvalue weighted by atomic mass is 16.5. The van der Waals surface area contributed by atoms with Crippen molar-refractivity contribution in [2.45, 2.75) is 45.6 Å². The molecule has 1 saturated heterocycles. The van der Waals surface area contributed by atoms with Crippen LogP contribution in [0.1, 0.15) is 59.5 Å². The Morgan fingerprint density at radius 3 is 2.03 bits per heavy atom. The molecule has 1 N–H and O–H groups in total. The molecule has 39 heavy (non-hydrogen) atoms. The second kappa shape index (κ2) is 12.3. The van der Waals surface area contributed by atoms with Gasteiger partial charge >= 0.3 is 5.97 Å². The summed E-state index contributed by atoms with van der Waals surface area (Å²) in [5.41, 5.74) is 3.99. The van der Waals surface area contributed by atoms with E-state index in [2.05, 4.69) is 31.0 Å². The average Bonchev–Trinajstić information content (AvgIpc) is 2.93. The van der Waals surface area contributed by atoms with Crippen LogP contribution in [-0.4, -0.2) is 50.0 Å². The van der Waals surface area contributed by atoms with E-state index in [1.807, 2.05) is 24.3 Å². The van der Waals surface area contributed by atoms with Crippen molar-refractivity contribution in [3.63, 3.8) is 0 Å². The number of carbonyl (C=O) groups is 3. The first-order valence-corrected chi connectivity index (χ1v) is 13.3. The monoisotopic (exact) mass is 528 g/mol. The second-order valence-electron chi connectivity index (χ2n) is 10.8. The lowest BCUT2D eigenvalue weighted by Crippen LogP contribution is -2.41. The first-order valence-electron chi connectivity index (χ1n) is 13.3. The van der Waals surface area contributed by atoms with Crippen LogP contribution in [0.5, 0.6) is 5.75 Å². The number of morpholine rings is 1. The van der Waals surface area contributed by atoms with E-state index < -0.39 is 12.0 Å². The highest BCUT2D eigenvalue weighted by Gasteiger charge is 2.20. The highest BCUT2D eigenvalue weighted by molar-refractivity contribution is 5.97. The molecule has 1 fully saturated rings. The Morgan fingerprint density at radius 2 is 1.46 bits per heavy atom. The zero-order chi connectivity index (χ0) is 28.0. The van der Waals surface area contributed by atoms with Gasteiger partial charge in [0.1, 0.15) is 5.75 Å². The lowest BCUT2D eigenvalue weighted by Gasteiger charge is -2.28. The zero-order valence-electron chi connectivity index (χ0n) is 23.0. The molecule has 1 aliphatic heterocycles. The minimum atomic E-state index is -0.668. The molecule has 1 atom stereocenters. The fourth-order valence-corrected chi connectivity index (χ4v) is 4.38. The van der Waals surface area contributed by atoms with Gasteiger partial charge in [-0.1, -0.05) is 45.0 Å². The van der Waals surface area contributed by atoms with Gasteiger partial charge in [0, 0.05) is 24.3 Å². The van der Waals surface area contributed by atoms with E-state index in [0.29, 0.717) is 36.5 Å². The zero-order valence-corrected chi connectivity index (χ0v) is 23.0. The van der Waals surface area contributed by atoms with Crippen molar-refractivity contribution in [2.24, 2.45) is 0 Å². The van der Waals surface area contributed by atoms with Crippen molar-refractivity contribution in [1.29, 1.82) is 0 Å². The molecular formula is C32H36N2O5. The molecule has 0 saturated carbocycles. The fraction of sp³-hybridized carbons (Fsp3) is 0.344.